The van der Waals surface area contributed by atoms with Crippen LogP contribution in [0.25, 0.3) is 0 Å². The van der Waals surface area contributed by atoms with E-state index < -0.39 is 12.0 Å². The standard InChI is InChI=1S/C22H33N3O4/c26-21(17-12-14-29-15-17)25-19(22(27)28)9-5-3-1-2-4-8-18-11-10-16-7-6-13-23-20(16)24-18/h10-11,17,19H,1-9,12-15H2,(H,23,24)(H,25,26)(H,27,28). The van der Waals surface area contributed by atoms with Crippen LogP contribution >= 0.6 is 0 Å². The fourth-order valence-electron chi connectivity index (χ4n) is 3.98. The number of carboxylic acid groups (broad SMARTS) is 1. The van der Waals surface area contributed by atoms with Gasteiger partial charge >= 0.3 is 5.97 Å². The molecule has 2 aliphatic rings. The van der Waals surface area contributed by atoms with Crippen LogP contribution in [0.1, 0.15) is 62.6 Å². The molecule has 2 atom stereocenters. The SMILES string of the molecule is O=C(NC(CCCCCCCc1ccc2c(n1)NCCC2)C(=O)O)C1CCOC1. The van der Waals surface area contributed by atoms with Gasteiger partial charge in [0.2, 0.25) is 5.91 Å². The van der Waals surface area contributed by atoms with Crippen LogP contribution in [0, 0.1) is 5.92 Å². The van der Waals surface area contributed by atoms with Gasteiger partial charge in [-0.3, -0.25) is 4.79 Å². The molecule has 3 rings (SSSR count). The fraction of sp³-hybridized carbons (Fsp3) is 0.682. The molecule has 1 aromatic rings. The van der Waals surface area contributed by atoms with Crippen LogP contribution in [0.4, 0.5) is 5.82 Å². The monoisotopic (exact) mass is 403 g/mol. The van der Waals surface area contributed by atoms with Gasteiger partial charge in [-0.05, 0) is 50.2 Å². The zero-order chi connectivity index (χ0) is 20.5. The molecule has 29 heavy (non-hydrogen) atoms. The van der Waals surface area contributed by atoms with Gasteiger partial charge in [-0.1, -0.05) is 31.7 Å². The maximum atomic E-state index is 12.1. The summed E-state index contributed by atoms with van der Waals surface area (Å²) in [5.41, 5.74) is 2.46. The summed E-state index contributed by atoms with van der Waals surface area (Å²) in [5.74, 6) is -0.296. The molecule has 1 aromatic heterocycles. The topological polar surface area (TPSA) is 101 Å². The lowest BCUT2D eigenvalue weighted by atomic mass is 10.0. The summed E-state index contributed by atoms with van der Waals surface area (Å²) < 4.78 is 5.20. The van der Waals surface area contributed by atoms with E-state index in [-0.39, 0.29) is 11.8 Å². The largest absolute Gasteiger partial charge is 0.480 e. The van der Waals surface area contributed by atoms with Crippen molar-refractivity contribution in [3.63, 3.8) is 0 Å². The molecular weight excluding hydrogens is 370 g/mol. The van der Waals surface area contributed by atoms with Crippen LogP contribution in [0.5, 0.6) is 0 Å². The van der Waals surface area contributed by atoms with Gasteiger partial charge in [0.15, 0.2) is 0 Å². The number of carbonyl (C=O) groups is 2. The number of fused-ring (bicyclic) bond motifs is 1. The number of unbranched alkanes of at least 4 members (excludes halogenated alkanes) is 4. The third-order valence-corrected chi connectivity index (χ3v) is 5.79. The van der Waals surface area contributed by atoms with Crippen molar-refractivity contribution >= 4 is 17.7 Å². The smallest absolute Gasteiger partial charge is 0.326 e. The van der Waals surface area contributed by atoms with Gasteiger partial charge in [-0.25, -0.2) is 9.78 Å². The van der Waals surface area contributed by atoms with Crippen molar-refractivity contribution in [1.29, 1.82) is 0 Å². The van der Waals surface area contributed by atoms with E-state index >= 15 is 0 Å². The van der Waals surface area contributed by atoms with Crippen LogP contribution in [0.15, 0.2) is 12.1 Å². The number of aryl methyl sites for hydroxylation is 2. The lowest BCUT2D eigenvalue weighted by molar-refractivity contribution is -0.142. The minimum Gasteiger partial charge on any atom is -0.480 e. The Morgan fingerprint density at radius 3 is 2.86 bits per heavy atom. The summed E-state index contributed by atoms with van der Waals surface area (Å²) in [6, 6.07) is 3.54. The Morgan fingerprint density at radius 2 is 2.07 bits per heavy atom. The highest BCUT2D eigenvalue weighted by atomic mass is 16.5. The van der Waals surface area contributed by atoms with Crippen LogP contribution < -0.4 is 10.6 Å². The number of pyridine rings is 1. The van der Waals surface area contributed by atoms with E-state index in [1.54, 1.807) is 0 Å². The first-order valence-electron chi connectivity index (χ1n) is 11.0. The van der Waals surface area contributed by atoms with Crippen molar-refractivity contribution in [3.05, 3.63) is 23.4 Å². The predicted molar refractivity (Wildman–Crippen MR) is 111 cm³/mol. The number of hydrogen-bond donors (Lipinski definition) is 3. The third kappa shape index (κ3) is 6.70. The van der Waals surface area contributed by atoms with Gasteiger partial charge in [-0.15, -0.1) is 0 Å². The Morgan fingerprint density at radius 1 is 1.24 bits per heavy atom. The fourth-order valence-corrected chi connectivity index (χ4v) is 3.98. The first kappa shape index (κ1) is 21.6. The molecule has 7 heteroatoms. The number of rotatable bonds is 11. The molecule has 160 valence electrons. The van der Waals surface area contributed by atoms with E-state index in [1.165, 1.54) is 12.0 Å². The number of aromatic nitrogens is 1. The van der Waals surface area contributed by atoms with Crippen molar-refractivity contribution in [2.75, 3.05) is 25.1 Å². The van der Waals surface area contributed by atoms with Crippen molar-refractivity contribution < 1.29 is 19.4 Å². The molecule has 0 bridgehead atoms. The molecule has 1 amide bonds. The number of hydrogen-bond acceptors (Lipinski definition) is 5. The number of carbonyl (C=O) groups excluding carboxylic acids is 1. The maximum Gasteiger partial charge on any atom is 0.326 e. The molecule has 1 fully saturated rings. The molecule has 1 saturated heterocycles. The summed E-state index contributed by atoms with van der Waals surface area (Å²) in [7, 11) is 0. The summed E-state index contributed by atoms with van der Waals surface area (Å²) in [5, 5.41) is 15.4. The molecule has 0 spiro atoms. The highest BCUT2D eigenvalue weighted by Crippen LogP contribution is 2.20. The molecule has 7 nitrogen and oxygen atoms in total. The molecule has 0 aromatic carbocycles. The number of carboxylic acids is 1. The second-order valence-electron chi connectivity index (χ2n) is 8.11. The first-order valence-corrected chi connectivity index (χ1v) is 11.0. The van der Waals surface area contributed by atoms with Crippen LogP contribution in [-0.4, -0.2) is 47.8 Å². The normalized spacial score (nSPS) is 19.2. The van der Waals surface area contributed by atoms with E-state index in [0.29, 0.717) is 26.1 Å². The van der Waals surface area contributed by atoms with Crippen LogP contribution in [0.3, 0.4) is 0 Å². The van der Waals surface area contributed by atoms with E-state index in [4.69, 9.17) is 9.72 Å². The second kappa shape index (κ2) is 11.1. The molecule has 2 aliphatic heterocycles. The molecule has 0 radical (unpaired) electrons. The lowest BCUT2D eigenvalue weighted by Crippen LogP contribution is -2.43. The van der Waals surface area contributed by atoms with Crippen LogP contribution in [0.2, 0.25) is 0 Å². The summed E-state index contributed by atoms with van der Waals surface area (Å²) in [4.78, 5) is 28.2. The third-order valence-electron chi connectivity index (χ3n) is 5.79. The van der Waals surface area contributed by atoms with Crippen molar-refractivity contribution in [3.8, 4) is 0 Å². The Balaban J connectivity index is 1.28. The second-order valence-corrected chi connectivity index (χ2v) is 8.11. The van der Waals surface area contributed by atoms with Crippen molar-refractivity contribution in [1.82, 2.24) is 10.3 Å². The Hall–Kier alpha value is -2.15. The lowest BCUT2D eigenvalue weighted by Gasteiger charge is -2.17. The number of ether oxygens (including phenoxy) is 1. The van der Waals surface area contributed by atoms with Crippen molar-refractivity contribution in [2.24, 2.45) is 5.92 Å². The van der Waals surface area contributed by atoms with Gasteiger partial charge < -0.3 is 20.5 Å². The van der Waals surface area contributed by atoms with Crippen molar-refractivity contribution in [2.45, 2.75) is 70.3 Å². The number of amides is 1. The van der Waals surface area contributed by atoms with Gasteiger partial charge in [0.05, 0.1) is 12.5 Å². The average Bonchev–Trinajstić information content (AvgIpc) is 3.27. The average molecular weight is 404 g/mol. The van der Waals surface area contributed by atoms with E-state index in [2.05, 4.69) is 22.8 Å². The summed E-state index contributed by atoms with van der Waals surface area (Å²) >= 11 is 0. The molecular formula is C22H33N3O4. The number of nitrogens with zero attached hydrogens (tertiary/aromatic N) is 1. The molecule has 2 unspecified atom stereocenters. The molecule has 0 saturated carbocycles. The minimum atomic E-state index is -0.954. The summed E-state index contributed by atoms with van der Waals surface area (Å²) in [6.45, 7) is 1.98. The van der Waals surface area contributed by atoms with Gasteiger partial charge in [0.25, 0.3) is 0 Å². The molecule has 3 N–H and O–H groups in total. The van der Waals surface area contributed by atoms with Crippen LogP contribution in [-0.2, 0) is 27.2 Å². The molecule has 3 heterocycles. The number of nitrogens with one attached hydrogen (secondary N) is 2. The zero-order valence-electron chi connectivity index (χ0n) is 17.1. The minimum absolute atomic E-state index is 0.193. The highest BCUT2D eigenvalue weighted by molar-refractivity contribution is 5.85. The first-order chi connectivity index (χ1) is 14.1. The van der Waals surface area contributed by atoms with Gasteiger partial charge in [-0.2, -0.15) is 0 Å². The number of aliphatic carboxylic acids is 1. The van der Waals surface area contributed by atoms with Gasteiger partial charge in [0, 0.05) is 18.8 Å². The Labute approximate surface area is 172 Å². The Kier molecular flexibility index (Phi) is 8.28. The zero-order valence-corrected chi connectivity index (χ0v) is 17.1. The van der Waals surface area contributed by atoms with E-state index in [0.717, 1.165) is 63.0 Å². The Bertz CT molecular complexity index is 689. The number of anilines is 1. The summed E-state index contributed by atoms with van der Waals surface area (Å²) in [6.07, 6.45) is 9.47. The van der Waals surface area contributed by atoms with E-state index in [9.17, 15) is 14.7 Å². The highest BCUT2D eigenvalue weighted by Gasteiger charge is 2.27. The molecule has 0 aliphatic carbocycles. The maximum absolute atomic E-state index is 12.1. The van der Waals surface area contributed by atoms with Gasteiger partial charge in [0.1, 0.15) is 11.9 Å². The predicted octanol–water partition coefficient (Wildman–Crippen LogP) is 2.93. The van der Waals surface area contributed by atoms with E-state index in [1.807, 2.05) is 0 Å². The quantitative estimate of drug-likeness (QED) is 0.491.